The molecule has 1 amide bonds. The van der Waals surface area contributed by atoms with Crippen molar-refractivity contribution < 1.29 is 9.18 Å². The topological polar surface area (TPSA) is 101 Å². The van der Waals surface area contributed by atoms with Crippen LogP contribution in [0.5, 0.6) is 0 Å². The van der Waals surface area contributed by atoms with E-state index in [1.165, 1.54) is 6.20 Å². The molecule has 3 N–H and O–H groups in total. The van der Waals surface area contributed by atoms with Gasteiger partial charge in [0.25, 0.3) is 5.91 Å². The van der Waals surface area contributed by atoms with Crippen LogP contribution in [0.1, 0.15) is 23.2 Å². The summed E-state index contributed by atoms with van der Waals surface area (Å²) in [7, 11) is 1.85. The van der Waals surface area contributed by atoms with Gasteiger partial charge in [-0.25, -0.2) is 9.37 Å². The SMILES string of the molecule is Cn1cc(-c2cc3c(cn2)[nH]c2ncc(F)c(-c4ccc(C(=O)N[C@@H]5C[C@@]56CCNC6)cc4)c23)cn1. The molecule has 7 rings (SSSR count). The van der Waals surface area contributed by atoms with E-state index in [1.54, 1.807) is 41.3 Å². The van der Waals surface area contributed by atoms with Gasteiger partial charge in [-0.15, -0.1) is 0 Å². The van der Waals surface area contributed by atoms with Gasteiger partial charge in [-0.3, -0.25) is 14.5 Å². The van der Waals surface area contributed by atoms with Crippen LogP contribution >= 0.6 is 0 Å². The Hall–Kier alpha value is -4.11. The highest BCUT2D eigenvalue weighted by atomic mass is 19.1. The number of halogens is 1. The average molecular weight is 482 g/mol. The maximum atomic E-state index is 15.3. The number of aromatic nitrogens is 5. The number of nitrogens with one attached hydrogen (secondary N) is 3. The Labute approximate surface area is 205 Å². The van der Waals surface area contributed by atoms with Gasteiger partial charge in [-0.2, -0.15) is 5.10 Å². The maximum absolute atomic E-state index is 15.3. The van der Waals surface area contributed by atoms with E-state index in [0.29, 0.717) is 27.7 Å². The molecule has 180 valence electrons. The molecule has 2 aliphatic rings. The molecule has 8 nitrogen and oxygen atoms in total. The van der Waals surface area contributed by atoms with Gasteiger partial charge in [0.15, 0.2) is 0 Å². The zero-order chi connectivity index (χ0) is 24.4. The molecule has 9 heteroatoms. The Balaban J connectivity index is 1.25. The van der Waals surface area contributed by atoms with E-state index < -0.39 is 5.82 Å². The number of benzene rings is 1. The number of H-pyrrole nitrogens is 1. The zero-order valence-electron chi connectivity index (χ0n) is 19.7. The number of hydrogen-bond donors (Lipinski definition) is 3. The first kappa shape index (κ1) is 21.2. The lowest BCUT2D eigenvalue weighted by atomic mass is 9.99. The number of nitrogens with zero attached hydrogens (tertiary/aromatic N) is 4. The summed E-state index contributed by atoms with van der Waals surface area (Å²) in [5, 5.41) is 12.3. The summed E-state index contributed by atoms with van der Waals surface area (Å²) in [5.41, 5.74) is 4.90. The van der Waals surface area contributed by atoms with E-state index in [1.807, 2.05) is 19.3 Å². The Morgan fingerprint density at radius 1 is 1.17 bits per heavy atom. The van der Waals surface area contributed by atoms with Crippen molar-refractivity contribution in [3.8, 4) is 22.4 Å². The molecule has 1 aliphatic carbocycles. The van der Waals surface area contributed by atoms with Crippen molar-refractivity contribution in [2.75, 3.05) is 13.1 Å². The van der Waals surface area contributed by atoms with Gasteiger partial charge in [0.2, 0.25) is 0 Å². The number of aromatic amines is 1. The minimum absolute atomic E-state index is 0.0880. The summed E-state index contributed by atoms with van der Waals surface area (Å²) in [6.07, 6.45) is 8.74. The fourth-order valence-electron chi connectivity index (χ4n) is 5.54. The van der Waals surface area contributed by atoms with Crippen LogP contribution in [-0.4, -0.2) is 49.8 Å². The van der Waals surface area contributed by atoms with Crippen molar-refractivity contribution in [3.63, 3.8) is 0 Å². The smallest absolute Gasteiger partial charge is 0.251 e. The van der Waals surface area contributed by atoms with Gasteiger partial charge in [-0.1, -0.05) is 12.1 Å². The molecular formula is C27H24FN7O. The van der Waals surface area contributed by atoms with E-state index in [9.17, 15) is 4.79 Å². The second-order valence-corrected chi connectivity index (χ2v) is 9.94. The van der Waals surface area contributed by atoms with E-state index in [4.69, 9.17) is 0 Å². The third-order valence-corrected chi connectivity index (χ3v) is 7.67. The predicted octanol–water partition coefficient (Wildman–Crippen LogP) is 3.80. The van der Waals surface area contributed by atoms with Crippen molar-refractivity contribution in [3.05, 3.63) is 66.5 Å². The first-order chi connectivity index (χ1) is 17.5. The fraction of sp³-hybridized carbons (Fsp3) is 0.259. The van der Waals surface area contributed by atoms with Crippen LogP contribution in [0.2, 0.25) is 0 Å². The fourth-order valence-corrected chi connectivity index (χ4v) is 5.54. The maximum Gasteiger partial charge on any atom is 0.251 e. The third kappa shape index (κ3) is 3.30. The molecule has 5 aromatic rings. The van der Waals surface area contributed by atoms with Crippen LogP contribution in [0, 0.1) is 11.2 Å². The lowest BCUT2D eigenvalue weighted by Crippen LogP contribution is -2.30. The monoisotopic (exact) mass is 481 g/mol. The number of rotatable bonds is 4. The number of pyridine rings is 2. The summed E-state index contributed by atoms with van der Waals surface area (Å²) >= 11 is 0. The second-order valence-electron chi connectivity index (χ2n) is 9.94. The molecule has 5 heterocycles. The molecule has 1 aliphatic heterocycles. The molecule has 4 aromatic heterocycles. The van der Waals surface area contributed by atoms with Crippen LogP contribution in [0.3, 0.4) is 0 Å². The molecule has 0 unspecified atom stereocenters. The van der Waals surface area contributed by atoms with Gasteiger partial charge in [0.05, 0.1) is 29.8 Å². The minimum atomic E-state index is -0.422. The Bertz CT molecular complexity index is 1650. The van der Waals surface area contributed by atoms with E-state index in [-0.39, 0.29) is 17.4 Å². The number of hydrogen-bond acceptors (Lipinski definition) is 5. The average Bonchev–Trinajstić information content (AvgIpc) is 3.28. The molecule has 36 heavy (non-hydrogen) atoms. The van der Waals surface area contributed by atoms with Gasteiger partial charge < -0.3 is 15.6 Å². The summed E-state index contributed by atoms with van der Waals surface area (Å²) in [6, 6.07) is 9.28. The van der Waals surface area contributed by atoms with E-state index in [0.717, 1.165) is 48.1 Å². The quantitative estimate of drug-likeness (QED) is 0.363. The first-order valence-electron chi connectivity index (χ1n) is 12.1. The van der Waals surface area contributed by atoms with Crippen LogP contribution in [0.15, 0.2) is 55.1 Å². The molecular weight excluding hydrogens is 457 g/mol. The Kier molecular flexibility index (Phi) is 4.53. The number of carbonyl (C=O) groups is 1. The summed E-state index contributed by atoms with van der Waals surface area (Å²) in [4.78, 5) is 24.9. The standard InChI is InChI=1S/C27H24FN7O/c1-35-13-17(10-32-35)20-8-18-21(12-30-20)33-25-24(18)23(19(28)11-31-25)15-2-4-16(5-3-15)26(36)34-22-9-27(22)6-7-29-14-27/h2-5,8,10-13,22,29H,6-7,9,14H2,1H3,(H,31,33)(H,34,36)/t22-,27-/m1/s1. The van der Waals surface area contributed by atoms with Crippen molar-refractivity contribution in [1.82, 2.24) is 35.4 Å². The first-order valence-corrected chi connectivity index (χ1v) is 12.1. The van der Waals surface area contributed by atoms with Crippen molar-refractivity contribution in [1.29, 1.82) is 0 Å². The summed E-state index contributed by atoms with van der Waals surface area (Å²) < 4.78 is 17.0. The number of fused-ring (bicyclic) bond motifs is 3. The van der Waals surface area contributed by atoms with Crippen LogP contribution < -0.4 is 10.6 Å². The molecule has 2 fully saturated rings. The molecule has 1 saturated heterocycles. The van der Waals surface area contributed by atoms with E-state index >= 15 is 4.39 Å². The number of carbonyl (C=O) groups excluding carboxylic acids is 1. The van der Waals surface area contributed by atoms with E-state index in [2.05, 4.69) is 30.7 Å². The molecule has 1 saturated carbocycles. The van der Waals surface area contributed by atoms with Crippen LogP contribution in [-0.2, 0) is 7.05 Å². The Morgan fingerprint density at radius 2 is 2.03 bits per heavy atom. The highest BCUT2D eigenvalue weighted by Crippen LogP contribution is 2.50. The molecule has 2 atom stereocenters. The normalized spacial score (nSPS) is 21.0. The molecule has 1 aromatic carbocycles. The van der Waals surface area contributed by atoms with Crippen LogP contribution in [0.25, 0.3) is 44.3 Å². The molecule has 0 radical (unpaired) electrons. The Morgan fingerprint density at radius 3 is 2.78 bits per heavy atom. The second kappa shape index (κ2) is 7.69. The van der Waals surface area contributed by atoms with Crippen LogP contribution in [0.4, 0.5) is 4.39 Å². The third-order valence-electron chi connectivity index (χ3n) is 7.67. The van der Waals surface area contributed by atoms with Gasteiger partial charge in [0, 0.05) is 58.7 Å². The number of aryl methyl sites for hydroxylation is 1. The largest absolute Gasteiger partial charge is 0.349 e. The lowest BCUT2D eigenvalue weighted by molar-refractivity contribution is 0.0945. The van der Waals surface area contributed by atoms with Crippen molar-refractivity contribution >= 4 is 27.8 Å². The summed E-state index contributed by atoms with van der Waals surface area (Å²) in [6.45, 7) is 1.98. The molecule has 0 bridgehead atoms. The predicted molar refractivity (Wildman–Crippen MR) is 135 cm³/mol. The zero-order valence-corrected chi connectivity index (χ0v) is 19.7. The highest BCUT2D eigenvalue weighted by molar-refractivity contribution is 6.13. The molecule has 1 spiro atoms. The van der Waals surface area contributed by atoms with Gasteiger partial charge in [0.1, 0.15) is 11.5 Å². The highest BCUT2D eigenvalue weighted by Gasteiger charge is 2.56. The van der Waals surface area contributed by atoms with Gasteiger partial charge in [-0.05, 0) is 43.1 Å². The lowest BCUT2D eigenvalue weighted by Gasteiger charge is -2.10. The summed E-state index contributed by atoms with van der Waals surface area (Å²) in [5.74, 6) is -0.510. The number of amides is 1. The minimum Gasteiger partial charge on any atom is -0.349 e. The van der Waals surface area contributed by atoms with Crippen molar-refractivity contribution in [2.45, 2.75) is 18.9 Å². The van der Waals surface area contributed by atoms with Gasteiger partial charge >= 0.3 is 0 Å². The van der Waals surface area contributed by atoms with Crippen molar-refractivity contribution in [2.24, 2.45) is 12.5 Å².